The van der Waals surface area contributed by atoms with Crippen LogP contribution in [0.25, 0.3) is 0 Å². The van der Waals surface area contributed by atoms with Crippen molar-refractivity contribution < 1.29 is 4.12 Å². The largest absolute Gasteiger partial charge is 0.455 e. The minimum Gasteiger partial charge on any atom is -0.455 e. The molecule has 2 aromatic carbocycles. The third-order valence-electron chi connectivity index (χ3n) is 4.67. The Morgan fingerprint density at radius 1 is 0.630 bits per heavy atom. The Morgan fingerprint density at radius 2 is 1.00 bits per heavy atom. The highest BCUT2D eigenvalue weighted by Crippen LogP contribution is 2.24. The standard InChI is InChI=1S/C22H36N2OSi2/c1-26(2,19-11-17-23-21-13-7-5-8-14-21)25-27(3,4)20-12-18-24-22-15-9-6-10-16-22/h5-10,13-16,23-24H,11-12,17-20H2,1-4H3. The van der Waals surface area contributed by atoms with Crippen molar-refractivity contribution in [1.82, 2.24) is 0 Å². The highest BCUT2D eigenvalue weighted by molar-refractivity contribution is 6.84. The lowest BCUT2D eigenvalue weighted by Gasteiger charge is -2.34. The van der Waals surface area contributed by atoms with E-state index in [0.717, 1.165) is 13.1 Å². The molecule has 0 amide bonds. The van der Waals surface area contributed by atoms with Crippen LogP contribution in [0.3, 0.4) is 0 Å². The van der Waals surface area contributed by atoms with Crippen molar-refractivity contribution in [3.63, 3.8) is 0 Å². The predicted molar refractivity (Wildman–Crippen MR) is 125 cm³/mol. The summed E-state index contributed by atoms with van der Waals surface area (Å²) < 4.78 is 6.75. The second-order valence-electron chi connectivity index (χ2n) is 8.41. The maximum atomic E-state index is 6.75. The number of anilines is 2. The molecule has 0 saturated carbocycles. The van der Waals surface area contributed by atoms with Crippen molar-refractivity contribution in [1.29, 1.82) is 0 Å². The Hall–Kier alpha value is -1.57. The molecule has 0 fully saturated rings. The summed E-state index contributed by atoms with van der Waals surface area (Å²) in [5, 5.41) is 7.01. The van der Waals surface area contributed by atoms with E-state index in [0.29, 0.717) is 0 Å². The molecular weight excluding hydrogens is 364 g/mol. The lowest BCUT2D eigenvalue weighted by Crippen LogP contribution is -2.44. The maximum Gasteiger partial charge on any atom is 0.173 e. The number of benzene rings is 2. The van der Waals surface area contributed by atoms with Crippen molar-refractivity contribution in [2.45, 2.75) is 51.1 Å². The summed E-state index contributed by atoms with van der Waals surface area (Å²) >= 11 is 0. The van der Waals surface area contributed by atoms with Crippen molar-refractivity contribution in [3.8, 4) is 0 Å². The second kappa shape index (κ2) is 10.7. The Labute approximate surface area is 167 Å². The fourth-order valence-electron chi connectivity index (χ4n) is 3.46. The van der Waals surface area contributed by atoms with Crippen molar-refractivity contribution in [3.05, 3.63) is 60.7 Å². The molecule has 0 unspecified atom stereocenters. The quantitative estimate of drug-likeness (QED) is 0.319. The average Bonchev–Trinajstić information content (AvgIpc) is 2.63. The molecule has 0 aliphatic carbocycles. The van der Waals surface area contributed by atoms with E-state index in [2.05, 4.69) is 97.5 Å². The molecule has 0 spiro atoms. The Balaban J connectivity index is 1.64. The zero-order valence-electron chi connectivity index (χ0n) is 17.4. The summed E-state index contributed by atoms with van der Waals surface area (Å²) in [5.74, 6) is 0. The van der Waals surface area contributed by atoms with Crippen LogP contribution in [0.4, 0.5) is 11.4 Å². The van der Waals surface area contributed by atoms with E-state index < -0.39 is 16.6 Å². The molecule has 27 heavy (non-hydrogen) atoms. The number of rotatable bonds is 12. The van der Waals surface area contributed by atoms with Gasteiger partial charge in [0.2, 0.25) is 0 Å². The van der Waals surface area contributed by atoms with Crippen molar-refractivity contribution in [2.24, 2.45) is 0 Å². The molecule has 5 heteroatoms. The van der Waals surface area contributed by atoms with Crippen LogP contribution >= 0.6 is 0 Å². The Bertz CT molecular complexity index is 590. The molecule has 0 saturated heterocycles. The molecule has 0 aliphatic heterocycles. The average molecular weight is 401 g/mol. The van der Waals surface area contributed by atoms with E-state index >= 15 is 0 Å². The monoisotopic (exact) mass is 400 g/mol. The van der Waals surface area contributed by atoms with Gasteiger partial charge in [-0.25, -0.2) is 0 Å². The van der Waals surface area contributed by atoms with E-state index in [1.165, 1.54) is 36.3 Å². The molecule has 0 bridgehead atoms. The molecule has 0 heterocycles. The van der Waals surface area contributed by atoms with Gasteiger partial charge in [-0.2, -0.15) is 0 Å². The third-order valence-corrected chi connectivity index (χ3v) is 12.2. The van der Waals surface area contributed by atoms with E-state index in [1.54, 1.807) is 0 Å². The maximum absolute atomic E-state index is 6.75. The summed E-state index contributed by atoms with van der Waals surface area (Å²) in [7, 11) is -3.20. The molecule has 0 atom stereocenters. The molecule has 2 aromatic rings. The number of hydrogen-bond acceptors (Lipinski definition) is 3. The van der Waals surface area contributed by atoms with Gasteiger partial charge >= 0.3 is 0 Å². The molecule has 0 aliphatic rings. The first-order chi connectivity index (χ1) is 12.9. The summed E-state index contributed by atoms with van der Waals surface area (Å²) in [5.41, 5.74) is 2.41. The molecule has 2 rings (SSSR count). The van der Waals surface area contributed by atoms with Crippen LogP contribution in [0.1, 0.15) is 12.8 Å². The zero-order valence-corrected chi connectivity index (χ0v) is 19.4. The van der Waals surface area contributed by atoms with Gasteiger partial charge in [0.05, 0.1) is 0 Å². The van der Waals surface area contributed by atoms with E-state index in [1.807, 2.05) is 0 Å². The van der Waals surface area contributed by atoms with Gasteiger partial charge in [-0.05, 0) is 75.4 Å². The van der Waals surface area contributed by atoms with Crippen LogP contribution in [-0.4, -0.2) is 29.7 Å². The summed E-state index contributed by atoms with van der Waals surface area (Å²) in [6.45, 7) is 11.6. The van der Waals surface area contributed by atoms with Gasteiger partial charge in [0.15, 0.2) is 16.6 Å². The van der Waals surface area contributed by atoms with Gasteiger partial charge in [0.1, 0.15) is 0 Å². The van der Waals surface area contributed by atoms with Gasteiger partial charge in [-0.15, -0.1) is 0 Å². The number of hydrogen-bond donors (Lipinski definition) is 2. The first-order valence-electron chi connectivity index (χ1n) is 10.1. The lowest BCUT2D eigenvalue weighted by atomic mass is 10.3. The fraction of sp³-hybridized carbons (Fsp3) is 0.455. The van der Waals surface area contributed by atoms with E-state index in [9.17, 15) is 0 Å². The van der Waals surface area contributed by atoms with Crippen molar-refractivity contribution >= 4 is 28.0 Å². The SMILES string of the molecule is C[Si](C)(CCCNc1ccccc1)O[Si](C)(C)CCCNc1ccccc1. The first-order valence-corrected chi connectivity index (χ1v) is 16.4. The van der Waals surface area contributed by atoms with Gasteiger partial charge in [-0.3, -0.25) is 0 Å². The second-order valence-corrected chi connectivity index (χ2v) is 17.3. The number of nitrogens with one attached hydrogen (secondary N) is 2. The van der Waals surface area contributed by atoms with Crippen LogP contribution < -0.4 is 10.6 Å². The van der Waals surface area contributed by atoms with Gasteiger partial charge in [-0.1, -0.05) is 36.4 Å². The normalized spacial score (nSPS) is 12.0. The van der Waals surface area contributed by atoms with Gasteiger partial charge in [0.25, 0.3) is 0 Å². The smallest absolute Gasteiger partial charge is 0.173 e. The topological polar surface area (TPSA) is 33.3 Å². The highest BCUT2D eigenvalue weighted by Gasteiger charge is 2.32. The van der Waals surface area contributed by atoms with Gasteiger partial charge < -0.3 is 14.7 Å². The Morgan fingerprint density at radius 3 is 1.37 bits per heavy atom. The van der Waals surface area contributed by atoms with Crippen LogP contribution in [0, 0.1) is 0 Å². The van der Waals surface area contributed by atoms with E-state index in [4.69, 9.17) is 4.12 Å². The van der Waals surface area contributed by atoms with Crippen LogP contribution in [0.5, 0.6) is 0 Å². The molecular formula is C22H36N2OSi2. The van der Waals surface area contributed by atoms with Crippen molar-refractivity contribution in [2.75, 3.05) is 23.7 Å². The molecule has 0 aromatic heterocycles. The van der Waals surface area contributed by atoms with Gasteiger partial charge in [0, 0.05) is 24.5 Å². The molecule has 3 nitrogen and oxygen atoms in total. The first kappa shape index (κ1) is 21.7. The van der Waals surface area contributed by atoms with Crippen LogP contribution in [-0.2, 0) is 4.12 Å². The van der Waals surface area contributed by atoms with Crippen LogP contribution in [0.2, 0.25) is 38.3 Å². The molecule has 148 valence electrons. The summed E-state index contributed by atoms with van der Waals surface area (Å²) in [6.07, 6.45) is 2.35. The Kier molecular flexibility index (Phi) is 8.60. The van der Waals surface area contributed by atoms with Crippen LogP contribution in [0.15, 0.2) is 60.7 Å². The van der Waals surface area contributed by atoms with E-state index in [-0.39, 0.29) is 0 Å². The highest BCUT2D eigenvalue weighted by atomic mass is 28.4. The summed E-state index contributed by atoms with van der Waals surface area (Å²) in [4.78, 5) is 0. The zero-order chi connectivity index (χ0) is 19.6. The number of para-hydroxylation sites is 2. The fourth-order valence-corrected chi connectivity index (χ4v) is 12.3. The summed E-state index contributed by atoms with van der Waals surface area (Å²) in [6, 6.07) is 23.3. The lowest BCUT2D eigenvalue weighted by molar-refractivity contribution is 0.532. The third kappa shape index (κ3) is 9.26. The molecule has 0 radical (unpaired) electrons. The minimum atomic E-state index is -1.60. The molecule has 2 N–H and O–H groups in total. The minimum absolute atomic E-state index is 1.02. The predicted octanol–water partition coefficient (Wildman–Crippen LogP) is 6.42.